The molecule has 0 saturated heterocycles. The van der Waals surface area contributed by atoms with Crippen molar-refractivity contribution in [3.8, 4) is 0 Å². The Labute approximate surface area is 95.6 Å². The number of hydroxylamine groups is 2. The van der Waals surface area contributed by atoms with Crippen molar-refractivity contribution in [2.24, 2.45) is 11.1 Å². The van der Waals surface area contributed by atoms with Gasteiger partial charge in [0, 0.05) is 7.05 Å². The van der Waals surface area contributed by atoms with Gasteiger partial charge in [0.05, 0.1) is 7.11 Å². The molecule has 0 aromatic carbocycles. The van der Waals surface area contributed by atoms with E-state index in [0.717, 1.165) is 5.06 Å². The van der Waals surface area contributed by atoms with Crippen molar-refractivity contribution in [3.63, 3.8) is 0 Å². The molecule has 0 aromatic rings. The molecule has 0 aliphatic carbocycles. The highest BCUT2D eigenvalue weighted by Gasteiger charge is 2.30. The maximum Gasteiger partial charge on any atom is 0.405 e. The lowest BCUT2D eigenvalue weighted by atomic mass is 9.89. The standard InChI is InChI=1S/C10H20N2O4/c1-10(2,3)6-7(16-9(11)14)8(13)12(4)15-5/h7H,6H2,1-5H3,(H2,11,14). The fourth-order valence-corrected chi connectivity index (χ4v) is 1.17. The number of rotatable bonds is 4. The van der Waals surface area contributed by atoms with Crippen molar-refractivity contribution in [2.75, 3.05) is 14.2 Å². The number of hydrogen-bond donors (Lipinski definition) is 1. The van der Waals surface area contributed by atoms with Crippen LogP contribution >= 0.6 is 0 Å². The van der Waals surface area contributed by atoms with Crippen LogP contribution in [-0.4, -0.2) is 37.3 Å². The number of nitrogens with two attached hydrogens (primary N) is 1. The molecule has 6 nitrogen and oxygen atoms in total. The number of hydrogen-bond acceptors (Lipinski definition) is 4. The van der Waals surface area contributed by atoms with Crippen LogP contribution in [0.15, 0.2) is 0 Å². The van der Waals surface area contributed by atoms with Crippen molar-refractivity contribution < 1.29 is 19.2 Å². The molecule has 0 aromatic heterocycles. The van der Waals surface area contributed by atoms with Gasteiger partial charge in [-0.1, -0.05) is 20.8 Å². The van der Waals surface area contributed by atoms with Gasteiger partial charge in [-0.3, -0.25) is 9.63 Å². The first-order valence-corrected chi connectivity index (χ1v) is 4.95. The van der Waals surface area contributed by atoms with Crippen LogP contribution in [0.2, 0.25) is 0 Å². The fraction of sp³-hybridized carbons (Fsp3) is 0.800. The average molecular weight is 232 g/mol. The minimum absolute atomic E-state index is 0.162. The maximum absolute atomic E-state index is 11.8. The third kappa shape index (κ3) is 5.55. The second kappa shape index (κ2) is 5.69. The number of amides is 2. The van der Waals surface area contributed by atoms with Gasteiger partial charge in [0.15, 0.2) is 6.10 Å². The Balaban J connectivity index is 4.66. The first-order chi connectivity index (χ1) is 7.17. The Morgan fingerprint density at radius 2 is 1.88 bits per heavy atom. The normalized spacial score (nSPS) is 13.1. The summed E-state index contributed by atoms with van der Waals surface area (Å²) in [6.07, 6.45) is -1.50. The molecule has 0 saturated carbocycles. The van der Waals surface area contributed by atoms with Crippen molar-refractivity contribution in [3.05, 3.63) is 0 Å². The molecule has 2 N–H and O–H groups in total. The lowest BCUT2D eigenvalue weighted by Gasteiger charge is -2.26. The second-order valence-corrected chi connectivity index (χ2v) is 4.71. The summed E-state index contributed by atoms with van der Waals surface area (Å²) in [4.78, 5) is 27.2. The van der Waals surface area contributed by atoms with E-state index in [9.17, 15) is 9.59 Å². The smallest absolute Gasteiger partial charge is 0.405 e. The Morgan fingerprint density at radius 3 is 2.19 bits per heavy atom. The van der Waals surface area contributed by atoms with Gasteiger partial charge in [0.25, 0.3) is 5.91 Å². The summed E-state index contributed by atoms with van der Waals surface area (Å²) in [5.41, 5.74) is 4.76. The van der Waals surface area contributed by atoms with E-state index in [4.69, 9.17) is 15.3 Å². The summed E-state index contributed by atoms with van der Waals surface area (Å²) in [6.45, 7) is 5.80. The number of likely N-dealkylation sites (N-methyl/N-ethyl adjacent to an activating group) is 1. The zero-order chi connectivity index (χ0) is 12.9. The molecule has 0 spiro atoms. The van der Waals surface area contributed by atoms with Crippen LogP contribution in [0.3, 0.4) is 0 Å². The highest BCUT2D eigenvalue weighted by atomic mass is 16.7. The van der Waals surface area contributed by atoms with Gasteiger partial charge in [0.1, 0.15) is 0 Å². The Hall–Kier alpha value is -1.30. The topological polar surface area (TPSA) is 81.9 Å². The maximum atomic E-state index is 11.8. The van der Waals surface area contributed by atoms with E-state index in [0.29, 0.717) is 6.42 Å². The largest absolute Gasteiger partial charge is 0.436 e. The third-order valence-corrected chi connectivity index (χ3v) is 1.92. The van der Waals surface area contributed by atoms with Crippen LogP contribution in [0.4, 0.5) is 4.79 Å². The van der Waals surface area contributed by atoms with Gasteiger partial charge in [-0.2, -0.15) is 0 Å². The van der Waals surface area contributed by atoms with Crippen molar-refractivity contribution >= 4 is 12.0 Å². The quantitative estimate of drug-likeness (QED) is 0.730. The van der Waals surface area contributed by atoms with Crippen molar-refractivity contribution in [1.29, 1.82) is 0 Å². The van der Waals surface area contributed by atoms with E-state index < -0.39 is 18.1 Å². The minimum Gasteiger partial charge on any atom is -0.436 e. The number of primary amides is 1. The highest BCUT2D eigenvalue weighted by molar-refractivity contribution is 5.82. The first-order valence-electron chi connectivity index (χ1n) is 4.95. The lowest BCUT2D eigenvalue weighted by Crippen LogP contribution is -2.41. The summed E-state index contributed by atoms with van der Waals surface area (Å²) in [5.74, 6) is -0.434. The number of carbonyl (C=O) groups excluding carboxylic acids is 2. The second-order valence-electron chi connectivity index (χ2n) is 4.71. The number of ether oxygens (including phenoxy) is 1. The summed E-state index contributed by atoms with van der Waals surface area (Å²) < 4.78 is 4.78. The molecule has 0 rings (SSSR count). The Morgan fingerprint density at radius 1 is 1.38 bits per heavy atom. The summed E-state index contributed by atoms with van der Waals surface area (Å²) in [7, 11) is 2.80. The lowest BCUT2D eigenvalue weighted by molar-refractivity contribution is -0.179. The number of carbonyl (C=O) groups is 2. The average Bonchev–Trinajstić information content (AvgIpc) is 2.11. The van der Waals surface area contributed by atoms with Crippen LogP contribution in [0.1, 0.15) is 27.2 Å². The molecule has 16 heavy (non-hydrogen) atoms. The predicted molar refractivity (Wildman–Crippen MR) is 58.3 cm³/mol. The van der Waals surface area contributed by atoms with Crippen LogP contribution in [-0.2, 0) is 14.4 Å². The van der Waals surface area contributed by atoms with Crippen LogP contribution < -0.4 is 5.73 Å². The molecule has 6 heteroatoms. The summed E-state index contributed by atoms with van der Waals surface area (Å²) >= 11 is 0. The minimum atomic E-state index is -0.966. The number of nitrogens with zero attached hydrogens (tertiary/aromatic N) is 1. The van der Waals surface area contributed by atoms with Gasteiger partial charge < -0.3 is 10.5 Å². The van der Waals surface area contributed by atoms with E-state index in [-0.39, 0.29) is 5.41 Å². The monoisotopic (exact) mass is 232 g/mol. The van der Waals surface area contributed by atoms with Crippen molar-refractivity contribution in [1.82, 2.24) is 5.06 Å². The van der Waals surface area contributed by atoms with Crippen LogP contribution in [0.5, 0.6) is 0 Å². The Kier molecular flexibility index (Phi) is 5.23. The molecule has 0 bridgehead atoms. The van der Waals surface area contributed by atoms with Crippen molar-refractivity contribution in [2.45, 2.75) is 33.3 Å². The summed E-state index contributed by atoms with van der Waals surface area (Å²) in [5, 5.41) is 1.01. The molecule has 0 radical (unpaired) electrons. The summed E-state index contributed by atoms with van der Waals surface area (Å²) in [6, 6.07) is 0. The molecule has 1 atom stereocenters. The predicted octanol–water partition coefficient (Wildman–Crippen LogP) is 0.906. The van der Waals surface area contributed by atoms with Gasteiger partial charge in [0.2, 0.25) is 0 Å². The van der Waals surface area contributed by atoms with E-state index >= 15 is 0 Å². The zero-order valence-electron chi connectivity index (χ0n) is 10.4. The molecular weight excluding hydrogens is 212 g/mol. The molecular formula is C10H20N2O4. The first kappa shape index (κ1) is 14.7. The van der Waals surface area contributed by atoms with Crippen LogP contribution in [0, 0.1) is 5.41 Å². The van der Waals surface area contributed by atoms with E-state index in [1.807, 2.05) is 20.8 Å². The van der Waals surface area contributed by atoms with E-state index in [1.54, 1.807) is 0 Å². The molecule has 94 valence electrons. The molecule has 0 aliphatic heterocycles. The van der Waals surface area contributed by atoms with Gasteiger partial charge >= 0.3 is 6.09 Å². The van der Waals surface area contributed by atoms with E-state index in [1.165, 1.54) is 14.2 Å². The highest BCUT2D eigenvalue weighted by Crippen LogP contribution is 2.23. The Bertz CT molecular complexity index is 260. The van der Waals surface area contributed by atoms with Crippen LogP contribution in [0.25, 0.3) is 0 Å². The molecule has 0 fully saturated rings. The van der Waals surface area contributed by atoms with Gasteiger partial charge in [-0.15, -0.1) is 0 Å². The van der Waals surface area contributed by atoms with Gasteiger partial charge in [-0.05, 0) is 11.8 Å². The van der Waals surface area contributed by atoms with Gasteiger partial charge in [-0.25, -0.2) is 9.86 Å². The molecule has 2 amide bonds. The fourth-order valence-electron chi connectivity index (χ4n) is 1.17. The van der Waals surface area contributed by atoms with E-state index in [2.05, 4.69) is 0 Å². The third-order valence-electron chi connectivity index (χ3n) is 1.92. The molecule has 1 unspecified atom stereocenters. The SMILES string of the molecule is CON(C)C(=O)C(CC(C)(C)C)OC(N)=O. The molecule has 0 heterocycles. The molecule has 0 aliphatic rings. The zero-order valence-corrected chi connectivity index (χ0v) is 10.4.